The van der Waals surface area contributed by atoms with E-state index in [0.717, 1.165) is 25.6 Å². The zero-order valence-electron chi connectivity index (χ0n) is 8.87. The average Bonchev–Trinajstić information content (AvgIpc) is 2.51. The highest BCUT2D eigenvalue weighted by Gasteiger charge is 2.31. The zero-order chi connectivity index (χ0) is 9.97. The standard InChI is InChI=1S/C11H19N3/c1-2-11(7-12)14-6-5-9-3-4-10(8-14)13-9/h9-11,13H,2-6,8H2,1H3. The molecule has 0 aromatic rings. The van der Waals surface area contributed by atoms with E-state index in [-0.39, 0.29) is 6.04 Å². The smallest absolute Gasteiger partial charge is 0.0975 e. The van der Waals surface area contributed by atoms with Gasteiger partial charge >= 0.3 is 0 Å². The van der Waals surface area contributed by atoms with Crippen molar-refractivity contribution in [3.63, 3.8) is 0 Å². The number of hydrogen-bond donors (Lipinski definition) is 1. The summed E-state index contributed by atoms with van der Waals surface area (Å²) in [7, 11) is 0. The van der Waals surface area contributed by atoms with E-state index in [0.29, 0.717) is 6.04 Å². The van der Waals surface area contributed by atoms with Gasteiger partial charge < -0.3 is 5.32 Å². The molecule has 3 heteroatoms. The van der Waals surface area contributed by atoms with E-state index >= 15 is 0 Å². The van der Waals surface area contributed by atoms with E-state index < -0.39 is 0 Å². The summed E-state index contributed by atoms with van der Waals surface area (Å²) in [6.45, 7) is 4.27. The number of rotatable bonds is 2. The summed E-state index contributed by atoms with van der Waals surface area (Å²) >= 11 is 0. The van der Waals surface area contributed by atoms with Crippen LogP contribution in [0.25, 0.3) is 0 Å². The van der Waals surface area contributed by atoms with Crippen LogP contribution in [-0.4, -0.2) is 36.1 Å². The van der Waals surface area contributed by atoms with Crippen molar-refractivity contribution in [3.05, 3.63) is 0 Å². The Morgan fingerprint density at radius 3 is 2.93 bits per heavy atom. The predicted molar refractivity (Wildman–Crippen MR) is 55.8 cm³/mol. The molecule has 0 saturated carbocycles. The van der Waals surface area contributed by atoms with Crippen LogP contribution in [0.3, 0.4) is 0 Å². The number of likely N-dealkylation sites (tertiary alicyclic amines) is 1. The highest BCUT2D eigenvalue weighted by molar-refractivity contribution is 4.97. The number of nitrogens with zero attached hydrogens (tertiary/aromatic N) is 2. The molecule has 3 unspecified atom stereocenters. The molecule has 2 aliphatic heterocycles. The third-order valence-electron chi connectivity index (χ3n) is 3.53. The SMILES string of the molecule is CCC(C#N)N1CCC2CCC(C1)N2. The molecule has 2 bridgehead atoms. The number of fused-ring (bicyclic) bond motifs is 2. The zero-order valence-corrected chi connectivity index (χ0v) is 8.87. The van der Waals surface area contributed by atoms with E-state index in [1.807, 2.05) is 0 Å². The minimum Gasteiger partial charge on any atom is -0.310 e. The quantitative estimate of drug-likeness (QED) is 0.714. The fourth-order valence-electron chi connectivity index (χ4n) is 2.68. The monoisotopic (exact) mass is 193 g/mol. The van der Waals surface area contributed by atoms with Crippen LogP contribution in [0.15, 0.2) is 0 Å². The minimum atomic E-state index is 0.135. The Hall–Kier alpha value is -0.590. The van der Waals surface area contributed by atoms with Crippen molar-refractivity contribution in [2.75, 3.05) is 13.1 Å². The molecule has 2 rings (SSSR count). The molecule has 2 saturated heterocycles. The molecule has 0 amide bonds. The molecule has 0 aromatic carbocycles. The number of nitrogens with one attached hydrogen (secondary N) is 1. The first-order valence-electron chi connectivity index (χ1n) is 5.73. The van der Waals surface area contributed by atoms with Crippen molar-refractivity contribution in [1.82, 2.24) is 10.2 Å². The molecule has 3 nitrogen and oxygen atoms in total. The molecule has 1 N–H and O–H groups in total. The van der Waals surface area contributed by atoms with Gasteiger partial charge in [0.05, 0.1) is 12.1 Å². The summed E-state index contributed by atoms with van der Waals surface area (Å²) < 4.78 is 0. The molecule has 2 aliphatic rings. The lowest BCUT2D eigenvalue weighted by molar-refractivity contribution is 0.217. The van der Waals surface area contributed by atoms with Crippen LogP contribution < -0.4 is 5.32 Å². The van der Waals surface area contributed by atoms with Gasteiger partial charge in [0.2, 0.25) is 0 Å². The lowest BCUT2D eigenvalue weighted by atomic mass is 10.1. The van der Waals surface area contributed by atoms with E-state index in [9.17, 15) is 0 Å². The van der Waals surface area contributed by atoms with Gasteiger partial charge in [-0.25, -0.2) is 0 Å². The van der Waals surface area contributed by atoms with E-state index in [1.54, 1.807) is 0 Å². The van der Waals surface area contributed by atoms with Crippen LogP contribution in [-0.2, 0) is 0 Å². The second-order valence-corrected chi connectivity index (χ2v) is 4.47. The fraction of sp³-hybridized carbons (Fsp3) is 0.909. The molecule has 0 aromatic heterocycles. The Bertz CT molecular complexity index is 233. The molecule has 78 valence electrons. The van der Waals surface area contributed by atoms with Crippen LogP contribution in [0.1, 0.15) is 32.6 Å². The van der Waals surface area contributed by atoms with Crippen LogP contribution in [0.5, 0.6) is 0 Å². The first kappa shape index (κ1) is 9.95. The Morgan fingerprint density at radius 2 is 2.21 bits per heavy atom. The van der Waals surface area contributed by atoms with Gasteiger partial charge in [-0.3, -0.25) is 4.90 Å². The maximum absolute atomic E-state index is 9.03. The molecule has 2 heterocycles. The minimum absolute atomic E-state index is 0.135. The van der Waals surface area contributed by atoms with Crippen LogP contribution >= 0.6 is 0 Å². The highest BCUT2D eigenvalue weighted by atomic mass is 15.2. The summed E-state index contributed by atoms with van der Waals surface area (Å²) in [4.78, 5) is 2.36. The van der Waals surface area contributed by atoms with Crippen molar-refractivity contribution in [1.29, 1.82) is 5.26 Å². The molecule has 14 heavy (non-hydrogen) atoms. The Balaban J connectivity index is 1.98. The first-order valence-corrected chi connectivity index (χ1v) is 5.73. The van der Waals surface area contributed by atoms with Gasteiger partial charge in [0.1, 0.15) is 0 Å². The van der Waals surface area contributed by atoms with Gasteiger partial charge in [-0.1, -0.05) is 6.92 Å². The van der Waals surface area contributed by atoms with Crippen molar-refractivity contribution in [2.24, 2.45) is 0 Å². The summed E-state index contributed by atoms with van der Waals surface area (Å²) in [5.74, 6) is 0. The van der Waals surface area contributed by atoms with Crippen molar-refractivity contribution in [2.45, 2.75) is 50.7 Å². The Labute approximate surface area is 86.1 Å². The molecule has 0 radical (unpaired) electrons. The summed E-state index contributed by atoms with van der Waals surface area (Å²) in [5, 5.41) is 12.7. The van der Waals surface area contributed by atoms with Crippen molar-refractivity contribution >= 4 is 0 Å². The van der Waals surface area contributed by atoms with Crippen LogP contribution in [0.4, 0.5) is 0 Å². The molecule has 2 fully saturated rings. The Kier molecular flexibility index (Phi) is 3.05. The largest absolute Gasteiger partial charge is 0.310 e. The van der Waals surface area contributed by atoms with Gasteiger partial charge in [-0.2, -0.15) is 5.26 Å². The van der Waals surface area contributed by atoms with Gasteiger partial charge in [0, 0.05) is 25.2 Å². The molecular formula is C11H19N3. The van der Waals surface area contributed by atoms with E-state index in [1.165, 1.54) is 19.3 Å². The molecule has 0 spiro atoms. The van der Waals surface area contributed by atoms with Gasteiger partial charge in [-0.05, 0) is 25.7 Å². The molecule has 0 aliphatic carbocycles. The van der Waals surface area contributed by atoms with Crippen LogP contribution in [0.2, 0.25) is 0 Å². The predicted octanol–water partition coefficient (Wildman–Crippen LogP) is 1.11. The topological polar surface area (TPSA) is 39.1 Å². The maximum Gasteiger partial charge on any atom is 0.0975 e. The number of hydrogen-bond acceptors (Lipinski definition) is 3. The van der Waals surface area contributed by atoms with Gasteiger partial charge in [0.15, 0.2) is 0 Å². The summed E-state index contributed by atoms with van der Waals surface area (Å²) in [6.07, 6.45) is 4.80. The second kappa shape index (κ2) is 4.29. The van der Waals surface area contributed by atoms with E-state index in [2.05, 4.69) is 23.2 Å². The highest BCUT2D eigenvalue weighted by Crippen LogP contribution is 2.21. The molecule has 3 atom stereocenters. The fourth-order valence-corrected chi connectivity index (χ4v) is 2.68. The lowest BCUT2D eigenvalue weighted by Gasteiger charge is -2.27. The van der Waals surface area contributed by atoms with Crippen molar-refractivity contribution < 1.29 is 0 Å². The van der Waals surface area contributed by atoms with Crippen molar-refractivity contribution in [3.8, 4) is 6.07 Å². The summed E-state index contributed by atoms with van der Waals surface area (Å²) in [6, 6.07) is 3.91. The first-order chi connectivity index (χ1) is 6.83. The molecular weight excluding hydrogens is 174 g/mol. The third-order valence-corrected chi connectivity index (χ3v) is 3.53. The van der Waals surface area contributed by atoms with Gasteiger partial charge in [-0.15, -0.1) is 0 Å². The number of nitriles is 1. The third kappa shape index (κ3) is 1.92. The van der Waals surface area contributed by atoms with Gasteiger partial charge in [0.25, 0.3) is 0 Å². The lowest BCUT2D eigenvalue weighted by Crippen LogP contribution is -2.40. The van der Waals surface area contributed by atoms with E-state index in [4.69, 9.17) is 5.26 Å². The normalized spacial score (nSPS) is 34.9. The maximum atomic E-state index is 9.03. The Morgan fingerprint density at radius 1 is 1.43 bits per heavy atom. The van der Waals surface area contributed by atoms with Crippen LogP contribution in [0, 0.1) is 11.3 Å². The summed E-state index contributed by atoms with van der Waals surface area (Å²) in [5.41, 5.74) is 0. The average molecular weight is 193 g/mol. The second-order valence-electron chi connectivity index (χ2n) is 4.47.